The molecule has 88 heavy (non-hydrogen) atoms. The van der Waals surface area contributed by atoms with E-state index in [1.807, 2.05) is 103 Å². The first-order chi connectivity index (χ1) is 42.7. The Bertz CT molecular complexity index is 5130. The average molecular weight is 1160 g/mol. The maximum absolute atomic E-state index is 13.9. The molecule has 1 unspecified atom stereocenters. The van der Waals surface area contributed by atoms with Crippen LogP contribution in [-0.2, 0) is 5.41 Å². The number of benzene rings is 12. The van der Waals surface area contributed by atoms with Gasteiger partial charge in [0.2, 0.25) is 0 Å². The van der Waals surface area contributed by atoms with Crippen LogP contribution in [0.1, 0.15) is 33.4 Å². The van der Waals surface area contributed by atoms with Gasteiger partial charge in [0.15, 0.2) is 0 Å². The highest BCUT2D eigenvalue weighted by Crippen LogP contribution is 2.65. The summed E-state index contributed by atoms with van der Waals surface area (Å²) in [6.07, 6.45) is -9.73. The first-order valence-corrected chi connectivity index (χ1v) is 28.9. The van der Waals surface area contributed by atoms with Crippen molar-refractivity contribution in [1.29, 1.82) is 0 Å². The molecule has 0 fully saturated rings. The predicted molar refractivity (Wildman–Crippen MR) is 340 cm³/mol. The summed E-state index contributed by atoms with van der Waals surface area (Å²) < 4.78 is 93.3. The molecule has 14 aromatic rings. The van der Waals surface area contributed by atoms with Crippen molar-refractivity contribution in [2.45, 2.75) is 32.0 Å². The summed E-state index contributed by atoms with van der Waals surface area (Å²) in [7, 11) is 0. The maximum Gasteiger partial charge on any atom is 0.573 e. The van der Waals surface area contributed by atoms with Crippen molar-refractivity contribution in [3.8, 4) is 56.0 Å². The van der Waals surface area contributed by atoms with Gasteiger partial charge in [0.05, 0.1) is 22.0 Å². The van der Waals surface area contributed by atoms with Crippen LogP contribution >= 0.6 is 0 Å². The molecule has 2 heterocycles. The van der Waals surface area contributed by atoms with Crippen molar-refractivity contribution in [2.75, 3.05) is 9.80 Å². The minimum absolute atomic E-state index is 0.312. The van der Waals surface area contributed by atoms with Gasteiger partial charge < -0.3 is 23.7 Å². The van der Waals surface area contributed by atoms with E-state index in [0.29, 0.717) is 11.4 Å². The Morgan fingerprint density at radius 2 is 0.807 bits per heavy atom. The molecule has 0 saturated carbocycles. The summed E-state index contributed by atoms with van der Waals surface area (Å²) in [6.45, 7) is 3.97. The quantitative estimate of drug-likeness (QED) is 0.128. The van der Waals surface area contributed by atoms with Gasteiger partial charge in [-0.25, -0.2) is 0 Å². The molecule has 5 nitrogen and oxygen atoms in total. The third-order valence-electron chi connectivity index (χ3n) is 17.8. The van der Waals surface area contributed by atoms with Crippen LogP contribution in [0.25, 0.3) is 82.6 Å². The Labute approximate surface area is 502 Å². The zero-order valence-corrected chi connectivity index (χ0v) is 47.3. The first-order valence-electron chi connectivity index (χ1n) is 28.9. The molecular formula is C77H49F6N3O2. The number of aromatic nitrogens is 1. The van der Waals surface area contributed by atoms with Gasteiger partial charge in [-0.1, -0.05) is 176 Å². The van der Waals surface area contributed by atoms with E-state index >= 15 is 0 Å². The lowest BCUT2D eigenvalue weighted by molar-refractivity contribution is -0.275. The molecule has 0 radical (unpaired) electrons. The molecule has 0 amide bonds. The second-order valence-electron chi connectivity index (χ2n) is 22.7. The van der Waals surface area contributed by atoms with Crippen LogP contribution in [-0.4, -0.2) is 17.1 Å². The minimum Gasteiger partial charge on any atom is -0.406 e. The van der Waals surface area contributed by atoms with Crippen molar-refractivity contribution in [2.24, 2.45) is 0 Å². The van der Waals surface area contributed by atoms with Crippen molar-refractivity contribution in [1.82, 2.24) is 4.40 Å². The Kier molecular flexibility index (Phi) is 11.8. The van der Waals surface area contributed by atoms with Crippen LogP contribution < -0.4 is 19.3 Å². The third-order valence-corrected chi connectivity index (χ3v) is 17.8. The van der Waals surface area contributed by atoms with E-state index in [4.69, 9.17) is 0 Å². The number of ether oxygens (including phenoxy) is 2. The van der Waals surface area contributed by atoms with Crippen LogP contribution in [0.15, 0.2) is 261 Å². The number of halogens is 6. The number of rotatable bonds is 10. The van der Waals surface area contributed by atoms with Gasteiger partial charge in [-0.3, -0.25) is 0 Å². The topological polar surface area (TPSA) is 29.4 Å². The molecule has 16 rings (SSSR count). The van der Waals surface area contributed by atoms with Gasteiger partial charge in [-0.05, 0) is 159 Å². The molecule has 2 aliphatic rings. The lowest BCUT2D eigenvalue weighted by atomic mass is 9.70. The summed E-state index contributed by atoms with van der Waals surface area (Å²) in [5.41, 5.74) is 21.3. The maximum atomic E-state index is 13.9. The third kappa shape index (κ3) is 8.24. The molecule has 2 aliphatic carbocycles. The van der Waals surface area contributed by atoms with Gasteiger partial charge in [0, 0.05) is 73.4 Å². The fourth-order valence-corrected chi connectivity index (χ4v) is 14.3. The smallest absolute Gasteiger partial charge is 0.406 e. The fourth-order valence-electron chi connectivity index (χ4n) is 14.3. The van der Waals surface area contributed by atoms with Crippen molar-refractivity contribution in [3.05, 3.63) is 294 Å². The minimum atomic E-state index is -4.89. The van der Waals surface area contributed by atoms with Gasteiger partial charge >= 0.3 is 12.7 Å². The van der Waals surface area contributed by atoms with Crippen LogP contribution in [0.3, 0.4) is 0 Å². The number of alkyl halides is 6. The van der Waals surface area contributed by atoms with Gasteiger partial charge in [-0.15, -0.1) is 26.3 Å². The second kappa shape index (κ2) is 19.6. The first kappa shape index (κ1) is 52.7. The highest BCUT2D eigenvalue weighted by atomic mass is 19.4. The Hall–Kier alpha value is -10.8. The molecule has 12 aromatic carbocycles. The number of hydrogen-bond donors (Lipinski definition) is 0. The standard InChI is InChI=1S/C77H49F6N3O2/c1-46-14-3-8-25-69(46)84(53-16-11-18-56(43-53)87-76(78,79)80)52-35-32-49(33-36-52)48-28-30-50(31-29-48)51-34-38-58-59-39-37-55(85(70-26-9-4-15-47(70)2)54-17-12-19-57(44-54)88-77(81,82)83)45-68(59)75(67(58)42-51)65-24-7-5-21-64(65)72-66(75)41-40-63-62-23-13-22-61-60-20-6-10-27-71(60)86(73(61)62)74(63)72/h3-45H,1-2H3. The molecule has 426 valence electrons. The van der Waals surface area contributed by atoms with E-state index in [1.54, 1.807) is 18.2 Å². The van der Waals surface area contributed by atoms with Crippen molar-refractivity contribution >= 4 is 72.2 Å². The second-order valence-corrected chi connectivity index (χ2v) is 22.7. The largest absolute Gasteiger partial charge is 0.573 e. The molecule has 0 saturated heterocycles. The number of hydrogen-bond acceptors (Lipinski definition) is 4. The number of anilines is 6. The molecule has 0 bridgehead atoms. The molecular weight excluding hydrogens is 1110 g/mol. The number of aryl methyl sites for hydroxylation is 2. The Balaban J connectivity index is 0.860. The van der Waals surface area contributed by atoms with Gasteiger partial charge in [0.25, 0.3) is 0 Å². The van der Waals surface area contributed by atoms with E-state index in [-0.39, 0.29) is 11.5 Å². The lowest BCUT2D eigenvalue weighted by Gasteiger charge is -2.33. The summed E-state index contributed by atoms with van der Waals surface area (Å²) >= 11 is 0. The van der Waals surface area contributed by atoms with Crippen molar-refractivity contribution in [3.63, 3.8) is 0 Å². The predicted octanol–water partition coefficient (Wildman–Crippen LogP) is 21.9. The normalized spacial score (nSPS) is 14.2. The summed E-state index contributed by atoms with van der Waals surface area (Å²) in [6, 6.07) is 86.2. The van der Waals surface area contributed by atoms with E-state index < -0.39 is 18.1 Å². The summed E-state index contributed by atoms with van der Waals surface area (Å²) in [5, 5.41) is 4.72. The van der Waals surface area contributed by atoms with Crippen molar-refractivity contribution < 1.29 is 35.8 Å². The van der Waals surface area contributed by atoms with Gasteiger partial charge in [0.1, 0.15) is 11.5 Å². The highest BCUT2D eigenvalue weighted by Gasteiger charge is 2.53. The number of nitrogens with zero attached hydrogens (tertiary/aromatic N) is 3. The monoisotopic (exact) mass is 1160 g/mol. The molecule has 11 heteroatoms. The lowest BCUT2D eigenvalue weighted by Crippen LogP contribution is -2.26. The highest BCUT2D eigenvalue weighted by molar-refractivity contribution is 6.26. The van der Waals surface area contributed by atoms with E-state index in [0.717, 1.165) is 117 Å². The summed E-state index contributed by atoms with van der Waals surface area (Å²) in [5.74, 6) is -0.632. The SMILES string of the molecule is Cc1ccccc1N(c1ccc(-c2ccc(-c3ccc4c(c3)C3(c5cc(N(c6cccc(OC(F)(F)F)c6)c6ccccc6C)ccc5-4)c4ccccc4-c4c3ccc3c5cccc6c7ccccc7n(c43)c65)cc2)cc1)c1cccc(OC(F)(F)F)c1. The molecule has 1 atom stereocenters. The average Bonchev–Trinajstić information content (AvgIpc) is 1.49. The van der Waals surface area contributed by atoms with Gasteiger partial charge in [-0.2, -0.15) is 0 Å². The number of fused-ring (bicyclic) bond motifs is 17. The molecule has 2 aromatic heterocycles. The Morgan fingerprint density at radius 1 is 0.341 bits per heavy atom. The fraction of sp³-hybridized carbons (Fsp3) is 0.0649. The molecule has 1 spiro atoms. The molecule has 0 N–H and O–H groups in total. The zero-order chi connectivity index (χ0) is 59.8. The van der Waals surface area contributed by atoms with E-state index in [9.17, 15) is 26.3 Å². The zero-order valence-electron chi connectivity index (χ0n) is 47.3. The van der Waals surface area contributed by atoms with Crippen LogP contribution in [0.4, 0.5) is 60.5 Å². The van der Waals surface area contributed by atoms with Crippen LogP contribution in [0, 0.1) is 13.8 Å². The van der Waals surface area contributed by atoms with Crippen LogP contribution in [0.5, 0.6) is 11.5 Å². The van der Waals surface area contributed by atoms with Crippen LogP contribution in [0.2, 0.25) is 0 Å². The Morgan fingerprint density at radius 3 is 1.44 bits per heavy atom. The van der Waals surface area contributed by atoms with E-state index in [1.165, 1.54) is 45.9 Å². The molecule has 0 aliphatic heterocycles. The van der Waals surface area contributed by atoms with E-state index in [2.05, 4.69) is 153 Å². The number of para-hydroxylation sites is 4. The summed E-state index contributed by atoms with van der Waals surface area (Å²) in [4.78, 5) is 3.95.